The highest BCUT2D eigenvalue weighted by molar-refractivity contribution is 7.89. The van der Waals surface area contributed by atoms with Crippen LogP contribution < -0.4 is 0 Å². The van der Waals surface area contributed by atoms with Crippen molar-refractivity contribution in [3.63, 3.8) is 0 Å². The van der Waals surface area contributed by atoms with E-state index in [0.717, 1.165) is 16.7 Å². The number of hydrogen-bond acceptors (Lipinski definition) is 3. The molecule has 2 rings (SSSR count). The molecule has 1 aromatic carbocycles. The molecule has 1 saturated heterocycles. The molecule has 1 aromatic rings. The first-order valence-corrected chi connectivity index (χ1v) is 10.3. The maximum Gasteiger partial charge on any atom is 0.243 e. The van der Waals surface area contributed by atoms with E-state index in [2.05, 4.69) is 20.8 Å². The van der Waals surface area contributed by atoms with E-state index in [-0.39, 0.29) is 11.3 Å². The number of sulfonamides is 1. The predicted octanol–water partition coefficient (Wildman–Crippen LogP) is 2.84. The molecule has 1 amide bonds. The molecule has 1 heterocycles. The Kier molecular flexibility index (Phi) is 5.64. The van der Waals surface area contributed by atoms with Crippen LogP contribution in [0.2, 0.25) is 0 Å². The molecule has 140 valence electrons. The topological polar surface area (TPSA) is 57.7 Å². The van der Waals surface area contributed by atoms with Crippen molar-refractivity contribution in [1.29, 1.82) is 0 Å². The van der Waals surface area contributed by atoms with Crippen LogP contribution in [0, 0.1) is 13.8 Å². The number of nitrogens with zero attached hydrogens (tertiary/aromatic N) is 2. The molecule has 0 bridgehead atoms. The minimum atomic E-state index is -3.56. The molecule has 25 heavy (non-hydrogen) atoms. The summed E-state index contributed by atoms with van der Waals surface area (Å²) in [6, 6.07) is 3.97. The van der Waals surface area contributed by atoms with E-state index in [1.54, 1.807) is 4.90 Å². The SMILES string of the molecule is CC(=O)N1CCCN(S(=O)(=O)c2c(C)cc(C(C)(C)C)cc2C)CC1. The second kappa shape index (κ2) is 7.08. The highest BCUT2D eigenvalue weighted by Crippen LogP contribution is 2.31. The average Bonchev–Trinajstić information content (AvgIpc) is 2.71. The van der Waals surface area contributed by atoms with Gasteiger partial charge in [-0.25, -0.2) is 8.42 Å². The molecule has 0 radical (unpaired) electrons. The van der Waals surface area contributed by atoms with Gasteiger partial charge in [-0.1, -0.05) is 32.9 Å². The van der Waals surface area contributed by atoms with Crippen LogP contribution in [-0.4, -0.2) is 49.7 Å². The molecular weight excluding hydrogens is 336 g/mol. The van der Waals surface area contributed by atoms with Gasteiger partial charge in [0.25, 0.3) is 0 Å². The largest absolute Gasteiger partial charge is 0.342 e. The molecule has 0 aromatic heterocycles. The molecule has 6 heteroatoms. The number of benzene rings is 1. The van der Waals surface area contributed by atoms with E-state index >= 15 is 0 Å². The third-order valence-electron chi connectivity index (χ3n) is 4.82. The third kappa shape index (κ3) is 4.23. The van der Waals surface area contributed by atoms with Crippen LogP contribution in [0.4, 0.5) is 0 Å². The first-order valence-electron chi connectivity index (χ1n) is 8.82. The summed E-state index contributed by atoms with van der Waals surface area (Å²) in [6.07, 6.45) is 0.664. The lowest BCUT2D eigenvalue weighted by atomic mass is 9.85. The third-order valence-corrected chi connectivity index (χ3v) is 7.03. The molecule has 0 saturated carbocycles. The Morgan fingerprint density at radius 3 is 2.04 bits per heavy atom. The van der Waals surface area contributed by atoms with E-state index < -0.39 is 10.0 Å². The van der Waals surface area contributed by atoms with Gasteiger partial charge in [-0.3, -0.25) is 4.79 Å². The number of carbonyl (C=O) groups is 1. The Morgan fingerprint density at radius 2 is 1.56 bits per heavy atom. The highest BCUT2D eigenvalue weighted by Gasteiger charge is 2.30. The number of carbonyl (C=O) groups excluding carboxylic acids is 1. The fourth-order valence-electron chi connectivity index (χ4n) is 3.37. The van der Waals surface area contributed by atoms with Gasteiger partial charge in [0.15, 0.2) is 0 Å². The smallest absolute Gasteiger partial charge is 0.243 e. The van der Waals surface area contributed by atoms with Gasteiger partial charge >= 0.3 is 0 Å². The number of amides is 1. The van der Waals surface area contributed by atoms with Gasteiger partial charge in [0.2, 0.25) is 15.9 Å². The summed E-state index contributed by atoms with van der Waals surface area (Å²) in [5.74, 6) is 0.00105. The predicted molar refractivity (Wildman–Crippen MR) is 100 cm³/mol. The standard InChI is InChI=1S/C19H30N2O3S/c1-14-12-17(19(4,5)6)13-15(2)18(14)25(23,24)21-9-7-8-20(10-11-21)16(3)22/h12-13H,7-11H2,1-6H3. The average molecular weight is 367 g/mol. The van der Waals surface area contributed by atoms with Crippen LogP contribution in [0.1, 0.15) is 50.8 Å². The molecular formula is C19H30N2O3S. The van der Waals surface area contributed by atoms with Gasteiger partial charge in [-0.05, 0) is 42.4 Å². The van der Waals surface area contributed by atoms with Crippen molar-refractivity contribution in [2.75, 3.05) is 26.2 Å². The highest BCUT2D eigenvalue weighted by atomic mass is 32.2. The van der Waals surface area contributed by atoms with Gasteiger partial charge in [0, 0.05) is 33.1 Å². The summed E-state index contributed by atoms with van der Waals surface area (Å²) in [5.41, 5.74) is 2.69. The Bertz CT molecular complexity index is 740. The quantitative estimate of drug-likeness (QED) is 0.809. The zero-order chi connectivity index (χ0) is 19.0. The minimum Gasteiger partial charge on any atom is -0.342 e. The zero-order valence-corrected chi connectivity index (χ0v) is 17.0. The van der Waals surface area contributed by atoms with Gasteiger partial charge in [-0.15, -0.1) is 0 Å². The minimum absolute atomic E-state index is 0.00105. The van der Waals surface area contributed by atoms with E-state index in [0.29, 0.717) is 37.5 Å². The van der Waals surface area contributed by atoms with Crippen molar-refractivity contribution >= 4 is 15.9 Å². The molecule has 0 atom stereocenters. The second-order valence-corrected chi connectivity index (χ2v) is 9.83. The molecule has 5 nitrogen and oxygen atoms in total. The molecule has 0 N–H and O–H groups in total. The van der Waals surface area contributed by atoms with Gasteiger partial charge in [0.05, 0.1) is 4.90 Å². The fourth-order valence-corrected chi connectivity index (χ4v) is 5.25. The Labute approximate surface area is 152 Å². The molecule has 0 aliphatic carbocycles. The first kappa shape index (κ1) is 19.9. The first-order chi connectivity index (χ1) is 11.4. The molecule has 1 fully saturated rings. The molecule has 1 aliphatic rings. The molecule has 0 unspecified atom stereocenters. The summed E-state index contributed by atoms with van der Waals surface area (Å²) in [5, 5.41) is 0. The Morgan fingerprint density at radius 1 is 1.00 bits per heavy atom. The lowest BCUT2D eigenvalue weighted by Crippen LogP contribution is -2.37. The van der Waals surface area contributed by atoms with Gasteiger partial charge in [0.1, 0.15) is 0 Å². The zero-order valence-electron chi connectivity index (χ0n) is 16.2. The van der Waals surface area contributed by atoms with Gasteiger partial charge < -0.3 is 4.90 Å². The van der Waals surface area contributed by atoms with Crippen molar-refractivity contribution in [3.05, 3.63) is 28.8 Å². The van der Waals surface area contributed by atoms with Crippen LogP contribution in [0.25, 0.3) is 0 Å². The maximum atomic E-state index is 13.2. The number of aryl methyl sites for hydroxylation is 2. The lowest BCUT2D eigenvalue weighted by Gasteiger charge is -2.25. The normalized spacial score (nSPS) is 17.4. The van der Waals surface area contributed by atoms with Crippen LogP contribution in [0.3, 0.4) is 0 Å². The van der Waals surface area contributed by atoms with E-state index in [1.807, 2.05) is 26.0 Å². The maximum absolute atomic E-state index is 13.2. The summed E-state index contributed by atoms with van der Waals surface area (Å²) in [6.45, 7) is 13.5. The molecule has 1 aliphatic heterocycles. The number of hydrogen-bond donors (Lipinski definition) is 0. The van der Waals surface area contributed by atoms with E-state index in [4.69, 9.17) is 0 Å². The molecule has 0 spiro atoms. The summed E-state index contributed by atoms with van der Waals surface area (Å²) >= 11 is 0. The Balaban J connectivity index is 2.38. The van der Waals surface area contributed by atoms with Crippen molar-refractivity contribution < 1.29 is 13.2 Å². The van der Waals surface area contributed by atoms with Crippen molar-refractivity contribution in [2.24, 2.45) is 0 Å². The van der Waals surface area contributed by atoms with Crippen molar-refractivity contribution in [2.45, 2.75) is 58.3 Å². The Hall–Kier alpha value is -1.40. The van der Waals surface area contributed by atoms with Crippen LogP contribution >= 0.6 is 0 Å². The van der Waals surface area contributed by atoms with Crippen LogP contribution in [0.5, 0.6) is 0 Å². The van der Waals surface area contributed by atoms with Crippen molar-refractivity contribution in [1.82, 2.24) is 9.21 Å². The van der Waals surface area contributed by atoms with Gasteiger partial charge in [-0.2, -0.15) is 4.31 Å². The summed E-state index contributed by atoms with van der Waals surface area (Å²) < 4.78 is 28.0. The lowest BCUT2D eigenvalue weighted by molar-refractivity contribution is -0.128. The van der Waals surface area contributed by atoms with Crippen LogP contribution in [-0.2, 0) is 20.2 Å². The van der Waals surface area contributed by atoms with Crippen molar-refractivity contribution in [3.8, 4) is 0 Å². The van der Waals surface area contributed by atoms with E-state index in [9.17, 15) is 13.2 Å². The fraction of sp³-hybridized carbons (Fsp3) is 0.632. The van der Waals surface area contributed by atoms with E-state index in [1.165, 1.54) is 11.2 Å². The summed E-state index contributed by atoms with van der Waals surface area (Å²) in [7, 11) is -3.56. The van der Waals surface area contributed by atoms with Crippen LogP contribution in [0.15, 0.2) is 17.0 Å². The second-order valence-electron chi connectivity index (χ2n) is 7.95. The summed E-state index contributed by atoms with van der Waals surface area (Å²) in [4.78, 5) is 13.7. The number of rotatable bonds is 2. The monoisotopic (exact) mass is 366 g/mol.